The van der Waals surface area contributed by atoms with Crippen molar-refractivity contribution in [3.05, 3.63) is 63.6 Å². The zero-order chi connectivity index (χ0) is 19.7. The molecule has 148 valence electrons. The van der Waals surface area contributed by atoms with Crippen LogP contribution in [0.25, 0.3) is 0 Å². The third-order valence-corrected chi connectivity index (χ3v) is 6.36. The number of hydrogen-bond acceptors (Lipinski definition) is 3. The lowest BCUT2D eigenvalue weighted by atomic mass is 10.00. The second-order valence-electron chi connectivity index (χ2n) is 7.44. The van der Waals surface area contributed by atoms with Gasteiger partial charge in [0.15, 0.2) is 0 Å². The Morgan fingerprint density at radius 1 is 1.11 bits per heavy atom. The third-order valence-electron chi connectivity index (χ3n) is 5.62. The Morgan fingerprint density at radius 2 is 1.86 bits per heavy atom. The van der Waals surface area contributed by atoms with Gasteiger partial charge in [-0.05, 0) is 42.2 Å². The summed E-state index contributed by atoms with van der Waals surface area (Å²) in [6, 6.07) is 13.4. The van der Waals surface area contributed by atoms with Gasteiger partial charge in [-0.1, -0.05) is 47.5 Å². The van der Waals surface area contributed by atoms with E-state index in [1.54, 1.807) is 18.2 Å². The number of aliphatic hydroxyl groups is 1. The van der Waals surface area contributed by atoms with Gasteiger partial charge < -0.3 is 20.2 Å². The molecule has 2 aliphatic rings. The average Bonchev–Trinajstić information content (AvgIpc) is 2.70. The number of carbonyl (C=O) groups is 1. The normalized spacial score (nSPS) is 19.2. The van der Waals surface area contributed by atoms with Crippen molar-refractivity contribution in [3.63, 3.8) is 0 Å². The van der Waals surface area contributed by atoms with Crippen LogP contribution in [0.3, 0.4) is 0 Å². The van der Waals surface area contributed by atoms with Gasteiger partial charge in [-0.2, -0.15) is 0 Å². The summed E-state index contributed by atoms with van der Waals surface area (Å²) in [7, 11) is 0. The van der Waals surface area contributed by atoms with E-state index in [9.17, 15) is 9.90 Å². The van der Waals surface area contributed by atoms with Crippen LogP contribution in [-0.4, -0.2) is 46.6 Å². The van der Waals surface area contributed by atoms with Crippen molar-refractivity contribution < 1.29 is 9.90 Å². The molecule has 1 atom stereocenters. The van der Waals surface area contributed by atoms with Gasteiger partial charge in [0, 0.05) is 37.9 Å². The van der Waals surface area contributed by atoms with E-state index in [0.717, 1.165) is 42.7 Å². The number of halogens is 2. The van der Waals surface area contributed by atoms with Gasteiger partial charge >= 0.3 is 6.03 Å². The van der Waals surface area contributed by atoms with Crippen LogP contribution in [0, 0.1) is 0 Å². The highest BCUT2D eigenvalue weighted by atomic mass is 35.5. The van der Waals surface area contributed by atoms with Crippen LogP contribution in [0.4, 0.5) is 10.5 Å². The minimum atomic E-state index is -0.614. The van der Waals surface area contributed by atoms with Gasteiger partial charge in [-0.15, -0.1) is 0 Å². The topological polar surface area (TPSA) is 55.8 Å². The molecule has 0 aliphatic carbocycles. The van der Waals surface area contributed by atoms with Crippen molar-refractivity contribution in [3.8, 4) is 0 Å². The third kappa shape index (κ3) is 4.13. The number of fused-ring (bicyclic) bond motifs is 1. The minimum Gasteiger partial charge on any atom is -0.387 e. The molecule has 1 fully saturated rings. The Bertz CT molecular complexity index is 868. The number of amides is 2. The molecule has 2 N–H and O–H groups in total. The van der Waals surface area contributed by atoms with Gasteiger partial charge in [0.05, 0.1) is 16.1 Å². The predicted molar refractivity (Wildman–Crippen MR) is 112 cm³/mol. The molecular formula is C21H23Cl2N3O2. The lowest BCUT2D eigenvalue weighted by Gasteiger charge is -2.41. The molecule has 2 heterocycles. The van der Waals surface area contributed by atoms with Crippen LogP contribution >= 0.6 is 23.2 Å². The Hall–Kier alpha value is -1.79. The number of β-amino-alcohol motifs (C(OH)–C–C–N with tert-alkyl or cyclic N) is 1. The second-order valence-corrected chi connectivity index (χ2v) is 8.25. The summed E-state index contributed by atoms with van der Waals surface area (Å²) in [6.45, 7) is 2.88. The van der Waals surface area contributed by atoms with Crippen molar-refractivity contribution in [1.29, 1.82) is 0 Å². The summed E-state index contributed by atoms with van der Waals surface area (Å²) in [5, 5.41) is 14.5. The van der Waals surface area contributed by atoms with E-state index in [0.29, 0.717) is 23.1 Å². The van der Waals surface area contributed by atoms with Gasteiger partial charge in [0.1, 0.15) is 0 Å². The fraction of sp³-hybridized carbons (Fsp3) is 0.381. The van der Waals surface area contributed by atoms with Gasteiger partial charge in [-0.25, -0.2) is 4.79 Å². The molecule has 28 heavy (non-hydrogen) atoms. The summed E-state index contributed by atoms with van der Waals surface area (Å²) in [5.41, 5.74) is 2.83. The molecule has 0 spiro atoms. The molecule has 7 heteroatoms. The van der Waals surface area contributed by atoms with Crippen molar-refractivity contribution in [1.82, 2.24) is 9.80 Å². The van der Waals surface area contributed by atoms with Crippen LogP contribution in [0.15, 0.2) is 42.5 Å². The molecule has 2 amide bonds. The summed E-state index contributed by atoms with van der Waals surface area (Å²) in [4.78, 5) is 16.7. The molecule has 2 aromatic carbocycles. The fourth-order valence-electron chi connectivity index (χ4n) is 4.00. The average molecular weight is 420 g/mol. The van der Waals surface area contributed by atoms with E-state index >= 15 is 0 Å². The number of urea groups is 1. The number of aliphatic hydroxyl groups excluding tert-OH is 1. The maximum absolute atomic E-state index is 12.5. The molecule has 1 saturated heterocycles. The van der Waals surface area contributed by atoms with E-state index in [2.05, 4.69) is 16.3 Å². The highest BCUT2D eigenvalue weighted by Crippen LogP contribution is 2.29. The number of para-hydroxylation sites is 1. The number of carbonyl (C=O) groups excluding carboxylic acids is 1. The minimum absolute atomic E-state index is 0.0204. The van der Waals surface area contributed by atoms with Crippen LogP contribution in [0.1, 0.15) is 30.1 Å². The van der Waals surface area contributed by atoms with E-state index in [1.165, 1.54) is 0 Å². The smallest absolute Gasteiger partial charge is 0.322 e. The van der Waals surface area contributed by atoms with Crippen molar-refractivity contribution >= 4 is 34.9 Å². The molecule has 4 rings (SSSR count). The summed E-state index contributed by atoms with van der Waals surface area (Å²) >= 11 is 12.0. The predicted octanol–water partition coefficient (Wildman–Crippen LogP) is 4.54. The molecule has 1 unspecified atom stereocenters. The van der Waals surface area contributed by atoms with E-state index in [4.69, 9.17) is 23.2 Å². The summed E-state index contributed by atoms with van der Waals surface area (Å²) < 4.78 is 0. The van der Waals surface area contributed by atoms with Crippen molar-refractivity contribution in [2.45, 2.75) is 31.5 Å². The SMILES string of the molecule is O=C1Nc2ccccc2CN1C1CCN(CC(O)c2ccc(Cl)c(Cl)c2)CC1. The largest absolute Gasteiger partial charge is 0.387 e. The molecule has 2 aliphatic heterocycles. The standard InChI is InChI=1S/C21H23Cl2N3O2/c22-17-6-5-14(11-18(17)23)20(27)13-25-9-7-16(8-10-25)26-12-15-3-1-2-4-19(15)24-21(26)28/h1-6,11,16,20,27H,7-10,12-13H2,(H,24,28). The van der Waals surface area contributed by atoms with Crippen LogP contribution in [-0.2, 0) is 6.54 Å². The van der Waals surface area contributed by atoms with Crippen LogP contribution in [0.2, 0.25) is 10.0 Å². The first-order chi connectivity index (χ1) is 13.5. The first kappa shape index (κ1) is 19.5. The number of likely N-dealkylation sites (tertiary alicyclic amines) is 1. The quantitative estimate of drug-likeness (QED) is 0.764. The number of piperidine rings is 1. The maximum atomic E-state index is 12.5. The summed E-state index contributed by atoms with van der Waals surface area (Å²) in [5.74, 6) is 0. The van der Waals surface area contributed by atoms with Crippen LogP contribution < -0.4 is 5.32 Å². The first-order valence-electron chi connectivity index (χ1n) is 9.52. The highest BCUT2D eigenvalue weighted by Gasteiger charge is 2.31. The molecule has 0 bridgehead atoms. The Balaban J connectivity index is 1.33. The van der Waals surface area contributed by atoms with E-state index in [-0.39, 0.29) is 12.1 Å². The second kappa shape index (κ2) is 8.29. The number of nitrogens with one attached hydrogen (secondary N) is 1. The lowest BCUT2D eigenvalue weighted by molar-refractivity contribution is 0.0747. The van der Waals surface area contributed by atoms with Gasteiger partial charge in [0.2, 0.25) is 0 Å². The molecular weight excluding hydrogens is 397 g/mol. The molecule has 2 aromatic rings. The number of hydrogen-bond donors (Lipinski definition) is 2. The monoisotopic (exact) mass is 419 g/mol. The number of anilines is 1. The number of benzene rings is 2. The zero-order valence-electron chi connectivity index (χ0n) is 15.4. The van der Waals surface area contributed by atoms with Gasteiger partial charge in [-0.3, -0.25) is 0 Å². The molecule has 0 aromatic heterocycles. The highest BCUT2D eigenvalue weighted by molar-refractivity contribution is 6.42. The van der Waals surface area contributed by atoms with E-state index in [1.807, 2.05) is 23.1 Å². The zero-order valence-corrected chi connectivity index (χ0v) is 17.0. The number of rotatable bonds is 4. The molecule has 0 saturated carbocycles. The molecule has 0 radical (unpaired) electrons. The van der Waals surface area contributed by atoms with Crippen LogP contribution in [0.5, 0.6) is 0 Å². The Kier molecular flexibility index (Phi) is 5.78. The Labute approximate surface area is 174 Å². The fourth-order valence-corrected chi connectivity index (χ4v) is 4.31. The molecule has 5 nitrogen and oxygen atoms in total. The van der Waals surface area contributed by atoms with Crippen molar-refractivity contribution in [2.24, 2.45) is 0 Å². The maximum Gasteiger partial charge on any atom is 0.322 e. The van der Waals surface area contributed by atoms with Gasteiger partial charge in [0.25, 0.3) is 0 Å². The summed E-state index contributed by atoms with van der Waals surface area (Å²) in [6.07, 6.45) is 1.17. The van der Waals surface area contributed by atoms with E-state index < -0.39 is 6.10 Å². The van der Waals surface area contributed by atoms with Crippen molar-refractivity contribution in [2.75, 3.05) is 25.0 Å². The lowest BCUT2D eigenvalue weighted by Crippen LogP contribution is -2.50. The number of nitrogens with zero attached hydrogens (tertiary/aromatic N) is 2. The first-order valence-corrected chi connectivity index (χ1v) is 10.3. The Morgan fingerprint density at radius 3 is 2.61 bits per heavy atom.